The molecule has 1 amide bonds. The lowest BCUT2D eigenvalue weighted by molar-refractivity contribution is 0.0271. The highest BCUT2D eigenvalue weighted by Crippen LogP contribution is 2.29. The van der Waals surface area contributed by atoms with Crippen molar-refractivity contribution in [2.45, 2.75) is 26.7 Å². The first-order chi connectivity index (χ1) is 14.4. The van der Waals surface area contributed by atoms with Crippen molar-refractivity contribution in [2.24, 2.45) is 5.92 Å². The van der Waals surface area contributed by atoms with Gasteiger partial charge in [0, 0.05) is 21.0 Å². The van der Waals surface area contributed by atoms with Gasteiger partial charge in [-0.1, -0.05) is 0 Å². The average molecular weight is 520 g/mol. The van der Waals surface area contributed by atoms with Crippen molar-refractivity contribution in [3.05, 3.63) is 68.8 Å². The van der Waals surface area contributed by atoms with Crippen molar-refractivity contribution in [2.75, 3.05) is 11.9 Å². The zero-order chi connectivity index (χ0) is 21.3. The summed E-state index contributed by atoms with van der Waals surface area (Å²) in [5.41, 5.74) is 5.63. The fourth-order valence-corrected chi connectivity index (χ4v) is 3.50. The molecule has 1 aromatic heterocycles. The number of hydrogen-bond donors (Lipinski definition) is 2. The average Bonchev–Trinajstić information content (AvgIpc) is 3.46. The van der Waals surface area contributed by atoms with E-state index in [2.05, 4.69) is 38.5 Å². The second-order valence-electron chi connectivity index (χ2n) is 7.51. The van der Waals surface area contributed by atoms with Crippen LogP contribution in [0.5, 0.6) is 0 Å². The number of carbonyl (C=O) groups is 1. The molecule has 0 saturated heterocycles. The molecule has 1 fully saturated rings. The van der Waals surface area contributed by atoms with Crippen LogP contribution < -0.4 is 10.8 Å². The Kier molecular flexibility index (Phi) is 6.05. The summed E-state index contributed by atoms with van der Waals surface area (Å²) >= 11 is 2.21. The fraction of sp³-hybridized carbons (Fsp3) is 0.273. The molecule has 6 nitrogen and oxygen atoms in total. The molecule has 0 unspecified atom stereocenters. The number of rotatable bonds is 7. The summed E-state index contributed by atoms with van der Waals surface area (Å²) in [6, 6.07) is 12.3. The van der Waals surface area contributed by atoms with Gasteiger partial charge in [-0.2, -0.15) is 5.10 Å². The highest BCUT2D eigenvalue weighted by molar-refractivity contribution is 14.1. The summed E-state index contributed by atoms with van der Waals surface area (Å²) in [5, 5.41) is 7.49. The second kappa shape index (κ2) is 8.73. The maximum Gasteiger partial charge on any atom is 0.277 e. The minimum atomic E-state index is -0.482. The molecule has 2 N–H and O–H groups in total. The lowest BCUT2D eigenvalue weighted by Gasteiger charge is -2.16. The van der Waals surface area contributed by atoms with Crippen molar-refractivity contribution < 1.29 is 14.0 Å². The Morgan fingerprint density at radius 2 is 1.97 bits per heavy atom. The number of nitrogens with zero attached hydrogens (tertiary/aromatic N) is 2. The summed E-state index contributed by atoms with van der Waals surface area (Å²) in [4.78, 5) is 18.2. The van der Waals surface area contributed by atoms with Crippen molar-refractivity contribution in [3.8, 4) is 5.69 Å². The van der Waals surface area contributed by atoms with E-state index in [1.165, 1.54) is 16.8 Å². The number of aryl methyl sites for hydroxylation is 2. The van der Waals surface area contributed by atoms with Crippen LogP contribution in [-0.2, 0) is 4.84 Å². The molecule has 30 heavy (non-hydrogen) atoms. The van der Waals surface area contributed by atoms with Gasteiger partial charge >= 0.3 is 0 Å². The van der Waals surface area contributed by atoms with E-state index < -0.39 is 11.7 Å². The second-order valence-corrected chi connectivity index (χ2v) is 8.75. The number of hydroxylamine groups is 1. The minimum Gasteiger partial charge on any atom is -0.355 e. The third-order valence-electron chi connectivity index (χ3n) is 4.87. The number of carbonyl (C=O) groups excluding carboxylic acids is 1. The molecule has 3 aromatic rings. The normalized spacial score (nSPS) is 13.3. The van der Waals surface area contributed by atoms with Gasteiger partial charge in [0.05, 0.1) is 23.6 Å². The molecule has 1 aliphatic carbocycles. The van der Waals surface area contributed by atoms with E-state index in [-0.39, 0.29) is 11.3 Å². The molecular formula is C22H22FIN4O2. The van der Waals surface area contributed by atoms with Gasteiger partial charge in [-0.25, -0.2) is 14.6 Å². The van der Waals surface area contributed by atoms with Crippen LogP contribution in [0.15, 0.2) is 42.5 Å². The van der Waals surface area contributed by atoms with Gasteiger partial charge in [0.1, 0.15) is 5.69 Å². The van der Waals surface area contributed by atoms with Crippen LogP contribution in [0.3, 0.4) is 0 Å². The Labute approximate surface area is 187 Å². The Morgan fingerprint density at radius 3 is 2.60 bits per heavy atom. The standard InChI is InChI=1S/C22H22FIN4O2/c1-13-9-14(2)28(26-13)21-10-18(22(29)27-30-12-15-3-4-15)20(11-19(21)23)25-17-7-5-16(24)6-8-17/h5-11,15,25H,3-4,12H2,1-2H3,(H,27,29). The van der Waals surface area contributed by atoms with Gasteiger partial charge in [0.25, 0.3) is 5.91 Å². The van der Waals surface area contributed by atoms with E-state index in [1.54, 1.807) is 0 Å². The Hall–Kier alpha value is -2.46. The van der Waals surface area contributed by atoms with Crippen LogP contribution in [0.4, 0.5) is 15.8 Å². The van der Waals surface area contributed by atoms with Crippen LogP contribution in [0, 0.1) is 29.2 Å². The predicted molar refractivity (Wildman–Crippen MR) is 122 cm³/mol. The number of halogens is 2. The van der Waals surface area contributed by atoms with Crippen LogP contribution in [-0.4, -0.2) is 22.3 Å². The molecule has 1 heterocycles. The molecule has 1 aliphatic rings. The third-order valence-corrected chi connectivity index (χ3v) is 5.59. The quantitative estimate of drug-likeness (QED) is 0.338. The van der Waals surface area contributed by atoms with Crippen LogP contribution >= 0.6 is 22.6 Å². The molecule has 0 atom stereocenters. The first-order valence-electron chi connectivity index (χ1n) is 9.72. The van der Waals surface area contributed by atoms with E-state index in [0.717, 1.165) is 33.5 Å². The third kappa shape index (κ3) is 4.81. The summed E-state index contributed by atoms with van der Waals surface area (Å²) in [7, 11) is 0. The van der Waals surface area contributed by atoms with E-state index in [0.29, 0.717) is 18.2 Å². The smallest absolute Gasteiger partial charge is 0.277 e. The zero-order valence-corrected chi connectivity index (χ0v) is 18.9. The summed E-state index contributed by atoms with van der Waals surface area (Å²) in [6.45, 7) is 4.17. The van der Waals surface area contributed by atoms with Crippen LogP contribution in [0.25, 0.3) is 5.69 Å². The Morgan fingerprint density at radius 1 is 1.23 bits per heavy atom. The molecule has 0 bridgehead atoms. The first kappa shape index (κ1) is 20.8. The SMILES string of the molecule is Cc1cc(C)n(-c2cc(C(=O)NOCC3CC3)c(Nc3ccc(I)cc3)cc2F)n1. The van der Waals surface area contributed by atoms with Gasteiger partial charge in [-0.15, -0.1) is 0 Å². The highest BCUT2D eigenvalue weighted by atomic mass is 127. The summed E-state index contributed by atoms with van der Waals surface area (Å²) < 4.78 is 17.6. The summed E-state index contributed by atoms with van der Waals surface area (Å²) in [6.07, 6.45) is 2.24. The number of benzene rings is 2. The predicted octanol–water partition coefficient (Wildman–Crippen LogP) is 5.05. The maximum atomic E-state index is 15.0. The van der Waals surface area contributed by atoms with Gasteiger partial charge < -0.3 is 5.32 Å². The van der Waals surface area contributed by atoms with Crippen molar-refractivity contribution >= 4 is 39.9 Å². The molecule has 0 spiro atoms. The van der Waals surface area contributed by atoms with Crippen molar-refractivity contribution in [3.63, 3.8) is 0 Å². The lowest BCUT2D eigenvalue weighted by atomic mass is 10.1. The number of aromatic nitrogens is 2. The van der Waals surface area contributed by atoms with Gasteiger partial charge in [0.2, 0.25) is 0 Å². The molecule has 156 valence electrons. The fourth-order valence-electron chi connectivity index (χ4n) is 3.14. The largest absolute Gasteiger partial charge is 0.355 e. The van der Waals surface area contributed by atoms with Crippen LogP contribution in [0.1, 0.15) is 34.6 Å². The Bertz CT molecular complexity index is 1080. The zero-order valence-electron chi connectivity index (χ0n) is 16.7. The molecule has 1 saturated carbocycles. The molecule has 8 heteroatoms. The van der Waals surface area contributed by atoms with Crippen molar-refractivity contribution in [1.82, 2.24) is 15.3 Å². The lowest BCUT2D eigenvalue weighted by Crippen LogP contribution is -2.26. The topological polar surface area (TPSA) is 68.2 Å². The maximum absolute atomic E-state index is 15.0. The van der Waals surface area contributed by atoms with E-state index in [1.807, 2.05) is 44.2 Å². The van der Waals surface area contributed by atoms with Crippen molar-refractivity contribution in [1.29, 1.82) is 0 Å². The van der Waals surface area contributed by atoms with E-state index >= 15 is 4.39 Å². The van der Waals surface area contributed by atoms with Gasteiger partial charge in [-0.05, 0) is 91.6 Å². The molecular weight excluding hydrogens is 498 g/mol. The number of amides is 1. The van der Waals surface area contributed by atoms with Crippen LogP contribution in [0.2, 0.25) is 0 Å². The van der Waals surface area contributed by atoms with E-state index in [9.17, 15) is 4.79 Å². The summed E-state index contributed by atoms with van der Waals surface area (Å²) in [5.74, 6) is -0.413. The Balaban J connectivity index is 1.69. The van der Waals surface area contributed by atoms with Gasteiger partial charge in [-0.3, -0.25) is 9.63 Å². The highest BCUT2D eigenvalue weighted by Gasteiger charge is 2.23. The minimum absolute atomic E-state index is 0.209. The molecule has 0 aliphatic heterocycles. The number of anilines is 2. The number of nitrogens with one attached hydrogen (secondary N) is 2. The number of hydrogen-bond acceptors (Lipinski definition) is 4. The first-order valence-corrected chi connectivity index (χ1v) is 10.8. The molecule has 0 radical (unpaired) electrons. The monoisotopic (exact) mass is 520 g/mol. The molecule has 4 rings (SSSR count). The van der Waals surface area contributed by atoms with Gasteiger partial charge in [0.15, 0.2) is 5.82 Å². The molecule has 2 aromatic carbocycles. The van der Waals surface area contributed by atoms with E-state index in [4.69, 9.17) is 4.84 Å².